The molecule has 0 saturated carbocycles. The van der Waals surface area contributed by atoms with Crippen LogP contribution >= 0.6 is 0 Å². The van der Waals surface area contributed by atoms with Gasteiger partial charge in [0.1, 0.15) is 0 Å². The normalized spacial score (nSPS) is 11.3. The Kier molecular flexibility index (Phi) is 4.36. The van der Waals surface area contributed by atoms with Crippen molar-refractivity contribution in [3.63, 3.8) is 0 Å². The van der Waals surface area contributed by atoms with Crippen LogP contribution in [-0.4, -0.2) is 21.2 Å². The van der Waals surface area contributed by atoms with E-state index in [2.05, 4.69) is 15.2 Å². The predicted octanol–water partition coefficient (Wildman–Crippen LogP) is 0.872. The van der Waals surface area contributed by atoms with E-state index in [4.69, 9.17) is 16.9 Å². The van der Waals surface area contributed by atoms with Crippen molar-refractivity contribution in [3.05, 3.63) is 47.2 Å². The van der Waals surface area contributed by atoms with Crippen LogP contribution in [-0.2, 0) is 7.05 Å². The first-order valence-electron chi connectivity index (χ1n) is 6.71. The maximum absolute atomic E-state index is 7.85. The molecule has 0 aliphatic rings. The molecule has 0 amide bonds. The lowest BCUT2D eigenvalue weighted by Crippen LogP contribution is -2.22. The highest BCUT2D eigenvalue weighted by atomic mass is 15.3. The van der Waals surface area contributed by atoms with Gasteiger partial charge in [-0.3, -0.25) is 5.41 Å². The molecule has 0 atom stereocenters. The molecule has 0 aliphatic carbocycles. The van der Waals surface area contributed by atoms with E-state index in [-0.39, 0.29) is 11.6 Å². The third-order valence-electron chi connectivity index (χ3n) is 3.33. The van der Waals surface area contributed by atoms with Gasteiger partial charge in [0.25, 0.3) is 0 Å². The van der Waals surface area contributed by atoms with E-state index in [9.17, 15) is 0 Å². The van der Waals surface area contributed by atoms with E-state index >= 15 is 0 Å². The molecule has 0 bridgehead atoms. The lowest BCUT2D eigenvalue weighted by molar-refractivity contribution is 0.736. The fourth-order valence-corrected chi connectivity index (χ4v) is 1.90. The number of aromatic nitrogens is 2. The number of nitrogens with zero attached hydrogens (tertiary/aromatic N) is 4. The van der Waals surface area contributed by atoms with E-state index in [1.54, 1.807) is 4.57 Å². The fourth-order valence-electron chi connectivity index (χ4n) is 1.90. The maximum Gasteiger partial charge on any atom is 0.222 e. The molecule has 0 spiro atoms. The van der Waals surface area contributed by atoms with Crippen LogP contribution in [0.2, 0.25) is 0 Å². The van der Waals surface area contributed by atoms with Gasteiger partial charge in [-0.15, -0.1) is 5.10 Å². The molecule has 2 aromatic rings. The highest BCUT2D eigenvalue weighted by Crippen LogP contribution is 2.17. The second-order valence-corrected chi connectivity index (χ2v) is 4.95. The first-order chi connectivity index (χ1) is 10.4. The molecule has 2 rings (SSSR count). The van der Waals surface area contributed by atoms with Gasteiger partial charge in [0, 0.05) is 18.3 Å². The number of nitrogens with one attached hydrogen (secondary N) is 1. The van der Waals surface area contributed by atoms with Crippen LogP contribution in [0.25, 0.3) is 11.3 Å². The number of nitrogens with two attached hydrogens (primary N) is 2. The molecule has 0 fully saturated rings. The summed E-state index contributed by atoms with van der Waals surface area (Å²) in [4.78, 5) is 4.28. The minimum Gasteiger partial charge on any atom is -0.369 e. The summed E-state index contributed by atoms with van der Waals surface area (Å²) in [7, 11) is 1.82. The van der Waals surface area contributed by atoms with Crippen molar-refractivity contribution in [2.45, 2.75) is 13.8 Å². The third kappa shape index (κ3) is 3.38. The summed E-state index contributed by atoms with van der Waals surface area (Å²) in [6.45, 7) is 3.78. The summed E-state index contributed by atoms with van der Waals surface area (Å²) in [6, 6.07) is 9.66. The minimum absolute atomic E-state index is 0.0734. The molecule has 1 aromatic heterocycles. The Morgan fingerprint density at radius 3 is 2.36 bits per heavy atom. The molecule has 22 heavy (non-hydrogen) atoms. The van der Waals surface area contributed by atoms with Gasteiger partial charge in [-0.1, -0.05) is 24.3 Å². The van der Waals surface area contributed by atoms with Crippen LogP contribution in [0.1, 0.15) is 18.2 Å². The quantitative estimate of drug-likeness (QED) is 0.443. The molecular formula is C15H19N7. The third-order valence-corrected chi connectivity index (χ3v) is 3.33. The smallest absolute Gasteiger partial charge is 0.222 e. The molecule has 7 nitrogen and oxygen atoms in total. The number of aryl methyl sites for hydroxylation is 1. The van der Waals surface area contributed by atoms with Crippen LogP contribution in [0.5, 0.6) is 0 Å². The molecule has 114 valence electrons. The highest BCUT2D eigenvalue weighted by Gasteiger charge is 2.04. The Balaban J connectivity index is 2.35. The molecule has 0 aliphatic heterocycles. The molecule has 7 heteroatoms. The Morgan fingerprint density at radius 2 is 1.82 bits per heavy atom. The fraction of sp³-hybridized carbons (Fsp3) is 0.200. The first kappa shape index (κ1) is 15.4. The van der Waals surface area contributed by atoms with E-state index < -0.39 is 0 Å². The average Bonchev–Trinajstić information content (AvgIpc) is 2.50. The Morgan fingerprint density at radius 1 is 1.18 bits per heavy atom. The molecule has 0 unspecified atom stereocenters. The number of hydrogen-bond donors (Lipinski definition) is 3. The van der Waals surface area contributed by atoms with Crippen molar-refractivity contribution in [2.24, 2.45) is 28.7 Å². The van der Waals surface area contributed by atoms with Gasteiger partial charge in [-0.25, -0.2) is 4.98 Å². The monoisotopic (exact) mass is 297 g/mol. The zero-order valence-electron chi connectivity index (χ0n) is 12.8. The summed E-state index contributed by atoms with van der Waals surface area (Å²) in [5.41, 5.74) is 15.0. The largest absolute Gasteiger partial charge is 0.369 e. The van der Waals surface area contributed by atoms with Crippen LogP contribution in [0.3, 0.4) is 0 Å². The van der Waals surface area contributed by atoms with Gasteiger partial charge in [-0.2, -0.15) is 5.10 Å². The van der Waals surface area contributed by atoms with Crippen LogP contribution in [0, 0.1) is 12.3 Å². The maximum atomic E-state index is 7.85. The second kappa shape index (κ2) is 6.21. The van der Waals surface area contributed by atoms with Crippen LogP contribution in [0.4, 0.5) is 0 Å². The summed E-state index contributed by atoms with van der Waals surface area (Å²) in [6.07, 6.45) is 0. The van der Waals surface area contributed by atoms with Crippen LogP contribution < -0.4 is 17.1 Å². The number of benzene rings is 1. The summed E-state index contributed by atoms with van der Waals surface area (Å²) < 4.78 is 1.73. The van der Waals surface area contributed by atoms with Crippen molar-refractivity contribution in [1.29, 1.82) is 5.41 Å². The molecule has 5 N–H and O–H groups in total. The van der Waals surface area contributed by atoms with Gasteiger partial charge in [-0.05, 0) is 25.5 Å². The Bertz CT molecular complexity index is 794. The molecule has 0 saturated heterocycles. The van der Waals surface area contributed by atoms with Crippen LogP contribution in [0.15, 0.2) is 40.5 Å². The molecule has 1 aromatic carbocycles. The topological polar surface area (TPSA) is 118 Å². The number of guanidine groups is 1. The summed E-state index contributed by atoms with van der Waals surface area (Å²) in [5, 5.41) is 15.4. The Labute approximate surface area is 128 Å². The van der Waals surface area contributed by atoms with E-state index in [1.807, 2.05) is 51.2 Å². The van der Waals surface area contributed by atoms with Gasteiger partial charge < -0.3 is 16.0 Å². The lowest BCUT2D eigenvalue weighted by Gasteiger charge is -2.08. The standard InChI is InChI=1S/C15H19N7/c1-9-8-13(19-15(18)22(9)3)12-6-4-11(5-7-12)10(2)20-21-14(16)17/h4-8,18H,1-3H3,(H4,16,17,21)/b18-15?,20-10+. The molecule has 0 radical (unpaired) electrons. The van der Waals surface area contributed by atoms with E-state index in [0.717, 1.165) is 22.5 Å². The van der Waals surface area contributed by atoms with E-state index in [0.29, 0.717) is 5.71 Å². The van der Waals surface area contributed by atoms with Crippen molar-refractivity contribution in [1.82, 2.24) is 9.55 Å². The first-order valence-corrected chi connectivity index (χ1v) is 6.71. The predicted molar refractivity (Wildman–Crippen MR) is 87.3 cm³/mol. The van der Waals surface area contributed by atoms with Gasteiger partial charge in [0.05, 0.1) is 11.4 Å². The van der Waals surface area contributed by atoms with Crippen molar-refractivity contribution in [2.75, 3.05) is 0 Å². The average molecular weight is 297 g/mol. The van der Waals surface area contributed by atoms with Crippen molar-refractivity contribution >= 4 is 11.7 Å². The lowest BCUT2D eigenvalue weighted by atomic mass is 10.1. The van der Waals surface area contributed by atoms with Gasteiger partial charge in [0.15, 0.2) is 0 Å². The minimum atomic E-state index is -0.0734. The zero-order chi connectivity index (χ0) is 16.3. The number of hydrogen-bond acceptors (Lipinski definition) is 4. The number of rotatable bonds is 3. The second-order valence-electron chi connectivity index (χ2n) is 4.95. The Hall–Kier alpha value is -2.96. The van der Waals surface area contributed by atoms with Gasteiger partial charge in [0.2, 0.25) is 11.6 Å². The molecule has 1 heterocycles. The SMILES string of the molecule is C/C(=N\N=C(N)N)c1ccc(-c2cc(C)n(C)c(=N)n2)cc1. The molecular weight excluding hydrogens is 278 g/mol. The highest BCUT2D eigenvalue weighted by molar-refractivity contribution is 5.99. The zero-order valence-corrected chi connectivity index (χ0v) is 12.8. The summed E-state index contributed by atoms with van der Waals surface area (Å²) >= 11 is 0. The van der Waals surface area contributed by atoms with Crippen molar-refractivity contribution < 1.29 is 0 Å². The summed E-state index contributed by atoms with van der Waals surface area (Å²) in [5.74, 6) is -0.0734. The van der Waals surface area contributed by atoms with E-state index in [1.165, 1.54) is 0 Å². The van der Waals surface area contributed by atoms with Gasteiger partial charge >= 0.3 is 0 Å². The van der Waals surface area contributed by atoms with Crippen molar-refractivity contribution in [3.8, 4) is 11.3 Å².